The molecule has 0 aliphatic carbocycles. The Bertz CT molecular complexity index is 1630. The van der Waals surface area contributed by atoms with E-state index in [4.69, 9.17) is 15.0 Å². The Balaban J connectivity index is 1.39. The first kappa shape index (κ1) is 24.7. The molecule has 6 nitrogen and oxygen atoms in total. The van der Waals surface area contributed by atoms with E-state index in [-0.39, 0.29) is 18.5 Å². The molecule has 9 heteroatoms. The fourth-order valence-electron chi connectivity index (χ4n) is 5.69. The van der Waals surface area contributed by atoms with Crippen LogP contribution in [0.4, 0.5) is 15.4 Å². The molecule has 3 aromatic heterocycles. The standard InChI is InChI=1S/C30H30N6S3/c1-16-7-10-22-25(13-16)37-28(31-22)34-19(4)35(29-32-23-11-8-17(2)14-26(23)38-29)21(6)36(20(34)5)30-33-24-12-9-18(3)15-27(24)39-30/h7-15,19-21H,1-6H3. The molecule has 0 unspecified atom stereocenters. The molecule has 0 radical (unpaired) electrons. The largest absolute Gasteiger partial charge is 0.307 e. The van der Waals surface area contributed by atoms with Crippen molar-refractivity contribution in [2.75, 3.05) is 14.7 Å². The lowest BCUT2D eigenvalue weighted by molar-refractivity contribution is 0.380. The second-order valence-electron chi connectivity index (χ2n) is 10.5. The molecule has 0 bridgehead atoms. The maximum atomic E-state index is 5.13. The predicted octanol–water partition coefficient (Wildman–Crippen LogP) is 8.31. The van der Waals surface area contributed by atoms with Crippen LogP contribution in [0.15, 0.2) is 54.6 Å². The number of nitrogens with zero attached hydrogens (tertiary/aromatic N) is 6. The monoisotopic (exact) mass is 570 g/mol. The molecule has 1 aliphatic heterocycles. The van der Waals surface area contributed by atoms with Crippen LogP contribution in [-0.2, 0) is 0 Å². The highest BCUT2D eigenvalue weighted by molar-refractivity contribution is 7.23. The summed E-state index contributed by atoms with van der Waals surface area (Å²) in [6.07, 6.45) is 0.142. The van der Waals surface area contributed by atoms with Gasteiger partial charge in [0.05, 0.1) is 30.6 Å². The maximum absolute atomic E-state index is 5.13. The molecule has 198 valence electrons. The highest BCUT2D eigenvalue weighted by atomic mass is 32.1. The zero-order valence-electron chi connectivity index (χ0n) is 22.8. The summed E-state index contributed by atoms with van der Waals surface area (Å²) < 4.78 is 3.64. The number of aryl methyl sites for hydroxylation is 3. The number of benzene rings is 3. The van der Waals surface area contributed by atoms with Gasteiger partial charge in [-0.25, -0.2) is 15.0 Å². The Morgan fingerprint density at radius 3 is 1.05 bits per heavy atom. The van der Waals surface area contributed by atoms with E-state index < -0.39 is 0 Å². The molecule has 1 saturated heterocycles. The van der Waals surface area contributed by atoms with Crippen LogP contribution in [0.1, 0.15) is 37.5 Å². The summed E-state index contributed by atoms with van der Waals surface area (Å²) in [5, 5.41) is 3.06. The van der Waals surface area contributed by atoms with Gasteiger partial charge in [0.25, 0.3) is 0 Å². The number of thiazole rings is 3. The van der Waals surface area contributed by atoms with Gasteiger partial charge in [-0.15, -0.1) is 0 Å². The minimum absolute atomic E-state index is 0.0474. The van der Waals surface area contributed by atoms with Gasteiger partial charge in [-0.05, 0) is 94.6 Å². The zero-order valence-corrected chi connectivity index (χ0v) is 25.3. The van der Waals surface area contributed by atoms with Gasteiger partial charge in [-0.1, -0.05) is 52.2 Å². The van der Waals surface area contributed by atoms with E-state index in [2.05, 4.69) is 111 Å². The average molecular weight is 571 g/mol. The van der Waals surface area contributed by atoms with E-state index in [9.17, 15) is 0 Å². The van der Waals surface area contributed by atoms with Gasteiger partial charge in [0.2, 0.25) is 0 Å². The van der Waals surface area contributed by atoms with Crippen molar-refractivity contribution < 1.29 is 0 Å². The highest BCUT2D eigenvalue weighted by Gasteiger charge is 2.44. The molecular weight excluding hydrogens is 541 g/mol. The van der Waals surface area contributed by atoms with E-state index in [1.807, 2.05) is 0 Å². The molecule has 6 aromatic rings. The number of hydrogen-bond acceptors (Lipinski definition) is 9. The highest BCUT2D eigenvalue weighted by Crippen LogP contribution is 2.43. The van der Waals surface area contributed by atoms with Crippen LogP contribution in [0.25, 0.3) is 30.6 Å². The second kappa shape index (κ2) is 9.15. The van der Waals surface area contributed by atoms with Crippen LogP contribution in [0.2, 0.25) is 0 Å². The summed E-state index contributed by atoms with van der Waals surface area (Å²) in [6.45, 7) is 13.3. The van der Waals surface area contributed by atoms with Crippen LogP contribution < -0.4 is 14.7 Å². The van der Waals surface area contributed by atoms with Crippen molar-refractivity contribution in [3.63, 3.8) is 0 Å². The molecule has 0 atom stereocenters. The van der Waals surface area contributed by atoms with Gasteiger partial charge in [0.1, 0.15) is 18.5 Å². The lowest BCUT2D eigenvalue weighted by Gasteiger charge is -2.55. The quantitative estimate of drug-likeness (QED) is 0.213. The fourth-order valence-corrected chi connectivity index (χ4v) is 9.33. The Hall–Kier alpha value is -3.27. The summed E-state index contributed by atoms with van der Waals surface area (Å²) in [7, 11) is 0. The van der Waals surface area contributed by atoms with Crippen LogP contribution in [0, 0.1) is 20.8 Å². The van der Waals surface area contributed by atoms with Crippen molar-refractivity contribution in [1.82, 2.24) is 15.0 Å². The Labute approximate surface area is 240 Å². The minimum Gasteiger partial charge on any atom is -0.307 e. The zero-order chi connectivity index (χ0) is 27.0. The third-order valence-electron chi connectivity index (χ3n) is 7.68. The first-order valence-electron chi connectivity index (χ1n) is 13.2. The molecule has 39 heavy (non-hydrogen) atoms. The van der Waals surface area contributed by atoms with Crippen LogP contribution >= 0.6 is 34.0 Å². The molecule has 4 heterocycles. The van der Waals surface area contributed by atoms with Gasteiger partial charge in [-0.2, -0.15) is 0 Å². The van der Waals surface area contributed by atoms with Crippen molar-refractivity contribution in [2.24, 2.45) is 0 Å². The summed E-state index contributed by atoms with van der Waals surface area (Å²) in [5.74, 6) is 0. The van der Waals surface area contributed by atoms with Crippen molar-refractivity contribution in [3.05, 3.63) is 71.3 Å². The average Bonchev–Trinajstić information content (AvgIpc) is 3.59. The fraction of sp³-hybridized carbons (Fsp3) is 0.300. The number of rotatable bonds is 3. The van der Waals surface area contributed by atoms with Gasteiger partial charge in [-0.3, -0.25) is 0 Å². The molecular formula is C30H30N6S3. The lowest BCUT2D eigenvalue weighted by Crippen LogP contribution is -2.69. The molecule has 0 spiro atoms. The van der Waals surface area contributed by atoms with E-state index >= 15 is 0 Å². The summed E-state index contributed by atoms with van der Waals surface area (Å²) in [6, 6.07) is 19.5. The molecule has 0 amide bonds. The first-order valence-corrected chi connectivity index (χ1v) is 15.7. The maximum Gasteiger partial charge on any atom is 0.189 e. The number of hydrogen-bond donors (Lipinski definition) is 0. The van der Waals surface area contributed by atoms with Crippen molar-refractivity contribution in [2.45, 2.75) is 60.0 Å². The van der Waals surface area contributed by atoms with Crippen LogP contribution in [-0.4, -0.2) is 33.4 Å². The van der Waals surface area contributed by atoms with Crippen LogP contribution in [0.5, 0.6) is 0 Å². The first-order chi connectivity index (χ1) is 18.8. The molecule has 0 N–H and O–H groups in total. The van der Waals surface area contributed by atoms with Crippen LogP contribution in [0.3, 0.4) is 0 Å². The SMILES string of the molecule is Cc1ccc2nc(N3C(C)N(c4nc5ccc(C)cc5s4)C(C)N(c4nc5ccc(C)cc5s4)C3C)sc2c1. The topological polar surface area (TPSA) is 48.4 Å². The Morgan fingerprint density at radius 2 is 0.769 bits per heavy atom. The van der Waals surface area contributed by atoms with Crippen molar-refractivity contribution >= 4 is 80.1 Å². The normalized spacial score (nSPS) is 20.2. The molecule has 7 rings (SSSR count). The van der Waals surface area contributed by atoms with Crippen molar-refractivity contribution in [3.8, 4) is 0 Å². The summed E-state index contributed by atoms with van der Waals surface area (Å²) in [5.41, 5.74) is 6.89. The summed E-state index contributed by atoms with van der Waals surface area (Å²) in [4.78, 5) is 22.7. The molecule has 1 fully saturated rings. The number of fused-ring (bicyclic) bond motifs is 3. The molecule has 3 aromatic carbocycles. The third-order valence-corrected chi connectivity index (χ3v) is 10.8. The Morgan fingerprint density at radius 1 is 0.487 bits per heavy atom. The smallest absolute Gasteiger partial charge is 0.189 e. The van der Waals surface area contributed by atoms with Gasteiger partial charge in [0, 0.05) is 0 Å². The van der Waals surface area contributed by atoms with Gasteiger partial charge >= 0.3 is 0 Å². The van der Waals surface area contributed by atoms with E-state index in [0.717, 1.165) is 31.9 Å². The van der Waals surface area contributed by atoms with Crippen molar-refractivity contribution in [1.29, 1.82) is 0 Å². The lowest BCUT2D eigenvalue weighted by atomic mass is 10.2. The molecule has 0 saturated carbocycles. The number of anilines is 3. The van der Waals surface area contributed by atoms with E-state index in [1.54, 1.807) is 34.0 Å². The Kier molecular flexibility index (Phi) is 5.80. The van der Waals surface area contributed by atoms with Gasteiger partial charge in [0.15, 0.2) is 15.4 Å². The van der Waals surface area contributed by atoms with E-state index in [0.29, 0.717) is 0 Å². The third kappa shape index (κ3) is 4.06. The predicted molar refractivity (Wildman–Crippen MR) is 169 cm³/mol. The number of aromatic nitrogens is 3. The molecule has 1 aliphatic rings. The van der Waals surface area contributed by atoms with Gasteiger partial charge < -0.3 is 14.7 Å². The minimum atomic E-state index is 0.0474. The second-order valence-corrected chi connectivity index (χ2v) is 13.5. The summed E-state index contributed by atoms with van der Waals surface area (Å²) >= 11 is 5.29. The van der Waals surface area contributed by atoms with E-state index in [1.165, 1.54) is 30.8 Å².